The molecule has 1 amide bonds. The van der Waals surface area contributed by atoms with Gasteiger partial charge in [0, 0.05) is 48.2 Å². The maximum atomic E-state index is 12.3. The number of aliphatic hydroxyl groups is 1. The number of amides is 1. The molecule has 1 fully saturated rings. The largest absolute Gasteiger partial charge is 0.477 e. The second-order valence-electron chi connectivity index (χ2n) is 6.80. The third-order valence-electron chi connectivity index (χ3n) is 5.24. The molecule has 4 rings (SSSR count). The summed E-state index contributed by atoms with van der Waals surface area (Å²) >= 11 is 1.48. The van der Waals surface area contributed by atoms with Gasteiger partial charge in [0.15, 0.2) is 5.65 Å². The number of rotatable bonds is 7. The Kier molecular flexibility index (Phi) is 4.65. The molecule has 0 unspecified atom stereocenters. The molecule has 4 heterocycles. The van der Waals surface area contributed by atoms with Gasteiger partial charge in [0.25, 0.3) is 0 Å². The average molecular weight is 388 g/mol. The second kappa shape index (κ2) is 6.97. The van der Waals surface area contributed by atoms with E-state index in [0.717, 1.165) is 16.2 Å². The van der Waals surface area contributed by atoms with Crippen molar-refractivity contribution < 1.29 is 19.8 Å². The van der Waals surface area contributed by atoms with E-state index in [0.29, 0.717) is 18.6 Å². The van der Waals surface area contributed by atoms with Crippen LogP contribution in [-0.4, -0.2) is 59.8 Å². The summed E-state index contributed by atoms with van der Waals surface area (Å²) in [5, 5.41) is 18.8. The molecule has 9 heteroatoms. The number of carboxylic acids is 1. The quantitative estimate of drug-likeness (QED) is 0.685. The number of hydrogen-bond donors (Lipinski definition) is 2. The Morgan fingerprint density at radius 3 is 2.93 bits per heavy atom. The van der Waals surface area contributed by atoms with Crippen molar-refractivity contribution in [3.63, 3.8) is 0 Å². The summed E-state index contributed by atoms with van der Waals surface area (Å²) in [6.07, 6.45) is 8.23. The molecule has 27 heavy (non-hydrogen) atoms. The fraction of sp³-hybridized carbons (Fsp3) is 0.444. The molecule has 1 saturated heterocycles. The molecule has 0 aromatic carbocycles. The van der Waals surface area contributed by atoms with Crippen molar-refractivity contribution in [2.45, 2.75) is 25.8 Å². The van der Waals surface area contributed by atoms with E-state index in [-0.39, 0.29) is 36.1 Å². The van der Waals surface area contributed by atoms with Gasteiger partial charge in [-0.3, -0.25) is 9.78 Å². The fourth-order valence-electron chi connectivity index (χ4n) is 4.01. The molecular formula is C18H20N4O4S. The van der Waals surface area contributed by atoms with Crippen molar-refractivity contribution in [3.8, 4) is 0 Å². The maximum Gasteiger partial charge on any atom is 0.353 e. The number of carbonyl (C=O) groups excluding carboxylic acids is 1. The zero-order valence-corrected chi connectivity index (χ0v) is 15.6. The minimum absolute atomic E-state index is 0.0411. The molecule has 0 aliphatic carbocycles. The molecule has 2 aliphatic rings. The van der Waals surface area contributed by atoms with Crippen LogP contribution >= 0.6 is 11.8 Å². The first-order valence-corrected chi connectivity index (χ1v) is 9.83. The summed E-state index contributed by atoms with van der Waals surface area (Å²) in [6.45, 7) is 1.89. The van der Waals surface area contributed by atoms with E-state index in [4.69, 9.17) is 0 Å². The molecule has 8 nitrogen and oxygen atoms in total. The van der Waals surface area contributed by atoms with Crippen molar-refractivity contribution in [1.82, 2.24) is 19.3 Å². The van der Waals surface area contributed by atoms with Crippen molar-refractivity contribution in [1.29, 1.82) is 0 Å². The van der Waals surface area contributed by atoms with E-state index >= 15 is 0 Å². The van der Waals surface area contributed by atoms with Crippen molar-refractivity contribution >= 4 is 29.3 Å². The Morgan fingerprint density at radius 2 is 2.22 bits per heavy atom. The summed E-state index contributed by atoms with van der Waals surface area (Å²) in [4.78, 5) is 34.8. The molecule has 0 radical (unpaired) electrons. The Balaban J connectivity index is 1.48. The highest BCUT2D eigenvalue weighted by atomic mass is 32.2. The number of aliphatic hydroxyl groups excluding tert-OH is 1. The topological polar surface area (TPSA) is 108 Å². The molecule has 0 spiro atoms. The number of aryl methyl sites for hydroxylation is 1. The lowest BCUT2D eigenvalue weighted by Gasteiger charge is -2.45. The Morgan fingerprint density at radius 1 is 1.41 bits per heavy atom. The number of β-lactam (4-membered cyclic amide) rings is 1. The second-order valence-corrected chi connectivity index (χ2v) is 7.93. The predicted molar refractivity (Wildman–Crippen MR) is 98.8 cm³/mol. The zero-order valence-electron chi connectivity index (χ0n) is 14.8. The Labute approximate surface area is 159 Å². The molecular weight excluding hydrogens is 368 g/mol. The number of fused-ring (bicyclic) bond motifs is 2. The molecule has 0 bridgehead atoms. The van der Waals surface area contributed by atoms with Crippen LogP contribution < -0.4 is 0 Å². The van der Waals surface area contributed by atoms with Crippen LogP contribution in [0.4, 0.5) is 0 Å². The average Bonchev–Trinajstić information content (AvgIpc) is 3.17. The summed E-state index contributed by atoms with van der Waals surface area (Å²) in [5.74, 6) is -0.917. The molecule has 0 saturated carbocycles. The number of carbonyl (C=O) groups is 2. The zero-order chi connectivity index (χ0) is 19.1. The molecule has 2 aromatic rings. The van der Waals surface area contributed by atoms with Crippen LogP contribution in [0, 0.1) is 11.8 Å². The molecule has 3 atom stereocenters. The lowest BCUT2D eigenvalue weighted by molar-refractivity contribution is -0.157. The lowest BCUT2D eigenvalue weighted by Crippen LogP contribution is -2.60. The molecule has 2 aromatic heterocycles. The van der Waals surface area contributed by atoms with Gasteiger partial charge in [0.05, 0.1) is 23.9 Å². The first-order chi connectivity index (χ1) is 13.0. The normalized spacial score (nSPS) is 24.4. The molecule has 2 N–H and O–H groups in total. The van der Waals surface area contributed by atoms with Crippen LogP contribution in [0.25, 0.3) is 5.65 Å². The van der Waals surface area contributed by atoms with E-state index in [1.54, 1.807) is 12.4 Å². The van der Waals surface area contributed by atoms with Gasteiger partial charge < -0.3 is 19.5 Å². The van der Waals surface area contributed by atoms with Crippen molar-refractivity contribution in [2.75, 3.05) is 12.4 Å². The number of aromatic nitrogens is 3. The first kappa shape index (κ1) is 18.0. The highest BCUT2D eigenvalue weighted by molar-refractivity contribution is 8.03. The predicted octanol–water partition coefficient (Wildman–Crippen LogP) is 1.16. The monoisotopic (exact) mass is 388 g/mol. The highest BCUT2D eigenvalue weighted by Crippen LogP contribution is 2.50. The van der Waals surface area contributed by atoms with Crippen LogP contribution in [0.2, 0.25) is 0 Å². The van der Waals surface area contributed by atoms with Crippen LogP contribution in [0.5, 0.6) is 0 Å². The van der Waals surface area contributed by atoms with E-state index < -0.39 is 5.97 Å². The minimum atomic E-state index is -1.07. The summed E-state index contributed by atoms with van der Waals surface area (Å²) in [7, 11) is 0. The van der Waals surface area contributed by atoms with Gasteiger partial charge in [-0.25, -0.2) is 9.78 Å². The number of thioether (sulfide) groups is 1. The van der Waals surface area contributed by atoms with Crippen LogP contribution in [0.15, 0.2) is 35.4 Å². The van der Waals surface area contributed by atoms with E-state index in [2.05, 4.69) is 9.97 Å². The van der Waals surface area contributed by atoms with Gasteiger partial charge in [0.1, 0.15) is 5.70 Å². The van der Waals surface area contributed by atoms with Gasteiger partial charge in [-0.2, -0.15) is 0 Å². The first-order valence-electron chi connectivity index (χ1n) is 8.84. The fourth-order valence-corrected chi connectivity index (χ4v) is 5.27. The van der Waals surface area contributed by atoms with Gasteiger partial charge in [-0.15, -0.1) is 11.8 Å². The van der Waals surface area contributed by atoms with Gasteiger partial charge in [0.2, 0.25) is 5.91 Å². The van der Waals surface area contributed by atoms with Crippen molar-refractivity contribution in [2.24, 2.45) is 11.8 Å². The van der Waals surface area contributed by atoms with Crippen LogP contribution in [0.1, 0.15) is 19.0 Å². The highest BCUT2D eigenvalue weighted by Gasteiger charge is 2.57. The van der Waals surface area contributed by atoms with Gasteiger partial charge >= 0.3 is 5.97 Å². The standard InChI is InChI=1S/C18H20N4O4S/c1-10-14-12(2-6-23)17(24)22(14)15(18(25)26)16(10)27-7-3-11-9-21-5-4-19-8-13(21)20-11/h4-5,8-10,12,14,23H,2-3,6-7H2,1H3,(H,25,26)/t10-,12-,14+/m1/s1. The number of aliphatic carboxylic acids is 1. The molecule has 142 valence electrons. The third kappa shape index (κ3) is 2.90. The number of hydrogen-bond acceptors (Lipinski definition) is 6. The lowest BCUT2D eigenvalue weighted by atomic mass is 9.80. The summed E-state index contributed by atoms with van der Waals surface area (Å²) in [6, 6.07) is -0.153. The number of nitrogens with zero attached hydrogens (tertiary/aromatic N) is 4. The van der Waals surface area contributed by atoms with Crippen LogP contribution in [0.3, 0.4) is 0 Å². The van der Waals surface area contributed by atoms with E-state index in [9.17, 15) is 19.8 Å². The molecule has 2 aliphatic heterocycles. The van der Waals surface area contributed by atoms with E-state index in [1.165, 1.54) is 16.7 Å². The number of imidazole rings is 1. The Hall–Kier alpha value is -2.39. The summed E-state index contributed by atoms with van der Waals surface area (Å²) < 4.78 is 1.90. The number of carboxylic acid groups (broad SMARTS) is 1. The SMILES string of the molecule is C[C@H]1C(SCCc2cn3ccncc3n2)=C(C(=O)O)N2C(=O)[C@H](CCO)[C@H]12. The maximum absolute atomic E-state index is 12.3. The van der Waals surface area contributed by atoms with Crippen molar-refractivity contribution in [3.05, 3.63) is 41.1 Å². The Bertz CT molecular complexity index is 907. The smallest absolute Gasteiger partial charge is 0.353 e. The van der Waals surface area contributed by atoms with Gasteiger partial charge in [-0.1, -0.05) is 6.92 Å². The minimum Gasteiger partial charge on any atom is -0.477 e. The third-order valence-corrected chi connectivity index (χ3v) is 6.52. The van der Waals surface area contributed by atoms with E-state index in [1.807, 2.05) is 23.7 Å². The summed E-state index contributed by atoms with van der Waals surface area (Å²) in [5.41, 5.74) is 1.80. The van der Waals surface area contributed by atoms with Crippen LogP contribution in [-0.2, 0) is 16.0 Å². The van der Waals surface area contributed by atoms with Gasteiger partial charge in [-0.05, 0) is 6.42 Å².